The summed E-state index contributed by atoms with van der Waals surface area (Å²) in [5.41, 5.74) is 0.305. The number of hydrogen-bond donors (Lipinski definition) is 1. The predicted molar refractivity (Wildman–Crippen MR) is 71.8 cm³/mol. The molecular weight excluding hydrogens is 308 g/mol. The Hall–Kier alpha value is -1.50. The molecule has 3 nitrogen and oxygen atoms in total. The van der Waals surface area contributed by atoms with Gasteiger partial charge in [-0.15, -0.1) is 0 Å². The fourth-order valence-corrected chi connectivity index (χ4v) is 3.10. The molecule has 0 fully saturated rings. The van der Waals surface area contributed by atoms with Gasteiger partial charge in [-0.3, -0.25) is 0 Å². The standard InChI is InChI=1S/C13H10ClF2NO2S/c14-10-3-1-2-4-13(10)20(18,19)17-8-9-5-6-11(15)12(16)7-9/h1-7,17H,8H2. The molecule has 0 bridgehead atoms. The minimum Gasteiger partial charge on any atom is -0.207 e. The number of sulfonamides is 1. The lowest BCUT2D eigenvalue weighted by atomic mass is 10.2. The van der Waals surface area contributed by atoms with E-state index in [0.29, 0.717) is 5.56 Å². The molecule has 7 heteroatoms. The van der Waals surface area contributed by atoms with E-state index in [-0.39, 0.29) is 16.5 Å². The maximum Gasteiger partial charge on any atom is 0.242 e. The van der Waals surface area contributed by atoms with Crippen LogP contribution >= 0.6 is 11.6 Å². The van der Waals surface area contributed by atoms with Crippen LogP contribution < -0.4 is 4.72 Å². The summed E-state index contributed by atoms with van der Waals surface area (Å²) < 4.78 is 52.1. The fraction of sp³-hybridized carbons (Fsp3) is 0.0769. The fourth-order valence-electron chi connectivity index (χ4n) is 1.57. The molecule has 0 aromatic heterocycles. The summed E-state index contributed by atoms with van der Waals surface area (Å²) >= 11 is 5.81. The lowest BCUT2D eigenvalue weighted by Crippen LogP contribution is -2.23. The van der Waals surface area contributed by atoms with Crippen molar-refractivity contribution in [2.75, 3.05) is 0 Å². The first-order chi connectivity index (χ1) is 9.40. The normalized spacial score (nSPS) is 11.6. The average molecular weight is 318 g/mol. The summed E-state index contributed by atoms with van der Waals surface area (Å²) in [6.45, 7) is -0.162. The van der Waals surface area contributed by atoms with Crippen LogP contribution in [0.3, 0.4) is 0 Å². The van der Waals surface area contributed by atoms with Crippen LogP contribution in [-0.2, 0) is 16.6 Å². The van der Waals surface area contributed by atoms with E-state index >= 15 is 0 Å². The molecule has 2 rings (SSSR count). The van der Waals surface area contributed by atoms with Crippen LogP contribution in [-0.4, -0.2) is 8.42 Å². The SMILES string of the molecule is O=S(=O)(NCc1ccc(F)c(F)c1)c1ccccc1Cl. The Bertz CT molecular complexity index is 735. The highest BCUT2D eigenvalue weighted by Crippen LogP contribution is 2.20. The molecule has 0 unspecified atom stereocenters. The molecule has 0 atom stereocenters. The maximum absolute atomic E-state index is 13.0. The van der Waals surface area contributed by atoms with Gasteiger partial charge in [0.2, 0.25) is 10.0 Å². The topological polar surface area (TPSA) is 46.2 Å². The third kappa shape index (κ3) is 3.33. The number of halogens is 3. The van der Waals surface area contributed by atoms with Gasteiger partial charge in [-0.25, -0.2) is 21.9 Å². The van der Waals surface area contributed by atoms with Gasteiger partial charge in [0.15, 0.2) is 11.6 Å². The van der Waals surface area contributed by atoms with Crippen molar-refractivity contribution in [3.63, 3.8) is 0 Å². The minimum absolute atomic E-state index is 0.0655. The van der Waals surface area contributed by atoms with Gasteiger partial charge in [-0.05, 0) is 29.8 Å². The molecule has 106 valence electrons. The molecule has 0 aliphatic heterocycles. The number of hydrogen-bond acceptors (Lipinski definition) is 2. The van der Waals surface area contributed by atoms with Crippen molar-refractivity contribution in [1.82, 2.24) is 4.72 Å². The number of benzene rings is 2. The molecular formula is C13H10ClF2NO2S. The van der Waals surface area contributed by atoms with Crippen molar-refractivity contribution in [1.29, 1.82) is 0 Å². The monoisotopic (exact) mass is 317 g/mol. The van der Waals surface area contributed by atoms with E-state index in [1.165, 1.54) is 24.3 Å². The second-order valence-corrected chi connectivity index (χ2v) is 6.15. The lowest BCUT2D eigenvalue weighted by molar-refractivity contribution is 0.506. The van der Waals surface area contributed by atoms with Crippen LogP contribution in [0.1, 0.15) is 5.56 Å². The van der Waals surface area contributed by atoms with Gasteiger partial charge >= 0.3 is 0 Å². The van der Waals surface area contributed by atoms with E-state index in [0.717, 1.165) is 12.1 Å². The third-order valence-electron chi connectivity index (χ3n) is 2.58. The Morgan fingerprint density at radius 1 is 1.05 bits per heavy atom. The van der Waals surface area contributed by atoms with Crippen molar-refractivity contribution in [3.05, 3.63) is 64.7 Å². The van der Waals surface area contributed by atoms with Crippen LogP contribution in [0.15, 0.2) is 47.4 Å². The summed E-state index contributed by atoms with van der Waals surface area (Å²) in [5, 5.41) is 0.0882. The van der Waals surface area contributed by atoms with E-state index in [1.54, 1.807) is 6.07 Å². The Morgan fingerprint density at radius 3 is 2.40 bits per heavy atom. The molecule has 2 aromatic carbocycles. The molecule has 2 aromatic rings. The first-order valence-corrected chi connectivity index (χ1v) is 7.44. The molecule has 0 radical (unpaired) electrons. The summed E-state index contributed by atoms with van der Waals surface area (Å²) in [5.74, 6) is -2.01. The van der Waals surface area contributed by atoms with Crippen LogP contribution in [0.4, 0.5) is 8.78 Å². The smallest absolute Gasteiger partial charge is 0.207 e. The van der Waals surface area contributed by atoms with E-state index < -0.39 is 21.7 Å². The predicted octanol–water partition coefficient (Wildman–Crippen LogP) is 3.10. The molecule has 20 heavy (non-hydrogen) atoms. The molecule has 1 N–H and O–H groups in total. The van der Waals surface area contributed by atoms with Crippen LogP contribution in [0, 0.1) is 11.6 Å². The summed E-state index contributed by atoms with van der Waals surface area (Å²) in [6, 6.07) is 9.13. The quantitative estimate of drug-likeness (QED) is 0.942. The zero-order chi connectivity index (χ0) is 14.8. The number of nitrogens with one attached hydrogen (secondary N) is 1. The van der Waals surface area contributed by atoms with Gasteiger partial charge in [0.05, 0.1) is 5.02 Å². The van der Waals surface area contributed by atoms with E-state index in [1.807, 2.05) is 0 Å². The molecule has 0 aliphatic carbocycles. The van der Waals surface area contributed by atoms with Crippen molar-refractivity contribution < 1.29 is 17.2 Å². The molecule has 0 saturated carbocycles. The van der Waals surface area contributed by atoms with E-state index in [4.69, 9.17) is 11.6 Å². The van der Waals surface area contributed by atoms with Crippen molar-refractivity contribution >= 4 is 21.6 Å². The van der Waals surface area contributed by atoms with Gasteiger partial charge in [-0.1, -0.05) is 29.8 Å². The molecule has 0 amide bonds. The Balaban J connectivity index is 2.17. The van der Waals surface area contributed by atoms with E-state index in [9.17, 15) is 17.2 Å². The van der Waals surface area contributed by atoms with Gasteiger partial charge in [0, 0.05) is 6.54 Å². The third-order valence-corrected chi connectivity index (χ3v) is 4.48. The highest BCUT2D eigenvalue weighted by atomic mass is 35.5. The lowest BCUT2D eigenvalue weighted by Gasteiger charge is -2.08. The highest BCUT2D eigenvalue weighted by Gasteiger charge is 2.17. The maximum atomic E-state index is 13.0. The number of rotatable bonds is 4. The van der Waals surface area contributed by atoms with Gasteiger partial charge in [0.1, 0.15) is 4.90 Å². The summed E-state index contributed by atoms with van der Waals surface area (Å²) in [7, 11) is -3.81. The first kappa shape index (κ1) is 14.9. The minimum atomic E-state index is -3.81. The molecule has 0 aliphatic rings. The van der Waals surface area contributed by atoms with Crippen molar-refractivity contribution in [3.8, 4) is 0 Å². The van der Waals surface area contributed by atoms with Gasteiger partial charge < -0.3 is 0 Å². The zero-order valence-corrected chi connectivity index (χ0v) is 11.7. The Labute approximate surface area is 120 Å². The largest absolute Gasteiger partial charge is 0.242 e. The van der Waals surface area contributed by atoms with Crippen molar-refractivity contribution in [2.24, 2.45) is 0 Å². The highest BCUT2D eigenvalue weighted by molar-refractivity contribution is 7.89. The van der Waals surface area contributed by atoms with Gasteiger partial charge in [0.25, 0.3) is 0 Å². The molecule has 0 heterocycles. The van der Waals surface area contributed by atoms with Crippen LogP contribution in [0.2, 0.25) is 5.02 Å². The second-order valence-electron chi connectivity index (χ2n) is 4.00. The Kier molecular flexibility index (Phi) is 4.37. The summed E-state index contributed by atoms with van der Waals surface area (Å²) in [4.78, 5) is -0.0655. The first-order valence-electron chi connectivity index (χ1n) is 5.58. The van der Waals surface area contributed by atoms with Gasteiger partial charge in [-0.2, -0.15) is 0 Å². The van der Waals surface area contributed by atoms with Crippen LogP contribution in [0.5, 0.6) is 0 Å². The Morgan fingerprint density at radius 2 is 1.75 bits per heavy atom. The van der Waals surface area contributed by atoms with E-state index in [2.05, 4.69) is 4.72 Å². The second kappa shape index (κ2) is 5.87. The van der Waals surface area contributed by atoms with Crippen LogP contribution in [0.25, 0.3) is 0 Å². The molecule has 0 saturated heterocycles. The molecule has 0 spiro atoms. The van der Waals surface area contributed by atoms with Crippen molar-refractivity contribution in [2.45, 2.75) is 11.4 Å². The average Bonchev–Trinajstić information content (AvgIpc) is 2.40. The zero-order valence-electron chi connectivity index (χ0n) is 10.1. The summed E-state index contributed by atoms with van der Waals surface area (Å²) in [6.07, 6.45) is 0.